The zero-order valence-corrected chi connectivity index (χ0v) is 8.49. The lowest BCUT2D eigenvalue weighted by Crippen LogP contribution is -2.43. The summed E-state index contributed by atoms with van der Waals surface area (Å²) in [7, 11) is 0. The Morgan fingerprint density at radius 2 is 0.700 bits per heavy atom. The largest absolute Gasteiger partial charge is 0.477 e. The van der Waals surface area contributed by atoms with E-state index in [1.807, 2.05) is 0 Å². The van der Waals surface area contributed by atoms with Crippen molar-refractivity contribution in [1.29, 1.82) is 0 Å². The number of carboxylic acid groups (broad SMARTS) is 2. The summed E-state index contributed by atoms with van der Waals surface area (Å²) in [6.45, 7) is 0. The van der Waals surface area contributed by atoms with Gasteiger partial charge in [-0.1, -0.05) is 0 Å². The van der Waals surface area contributed by atoms with Crippen LogP contribution in [0.25, 0.3) is 0 Å². The number of aliphatic carboxylic acids is 2. The molecular formula is C6H2F10O4. The van der Waals surface area contributed by atoms with E-state index in [9.17, 15) is 53.5 Å². The first-order valence-electron chi connectivity index (χ1n) is 3.75. The Balaban J connectivity index is 0. The maximum absolute atomic E-state index is 11.3. The van der Waals surface area contributed by atoms with Gasteiger partial charge in [0.25, 0.3) is 0 Å². The summed E-state index contributed by atoms with van der Waals surface area (Å²) in [6.07, 6.45) is -12.0. The molecule has 0 aliphatic rings. The third-order valence-corrected chi connectivity index (χ3v) is 1.25. The standard InChI is InChI=1S/2C3HF5O2/c2*4-2(5,1(9)10)3(6,7)8/h2*(H,9,10). The number of hydrogen-bond donors (Lipinski definition) is 2. The van der Waals surface area contributed by atoms with Gasteiger partial charge < -0.3 is 10.2 Å². The quantitative estimate of drug-likeness (QED) is 0.764. The number of carboxylic acids is 2. The molecule has 14 heteroatoms. The van der Waals surface area contributed by atoms with Crippen LogP contribution in [0.1, 0.15) is 0 Å². The highest BCUT2D eigenvalue weighted by Crippen LogP contribution is 2.35. The number of hydrogen-bond acceptors (Lipinski definition) is 2. The van der Waals surface area contributed by atoms with Crippen molar-refractivity contribution >= 4 is 11.9 Å². The Kier molecular flexibility index (Phi) is 5.86. The van der Waals surface area contributed by atoms with Gasteiger partial charge in [0, 0.05) is 0 Å². The molecule has 0 spiro atoms. The zero-order chi connectivity index (χ0) is 17.2. The van der Waals surface area contributed by atoms with Crippen molar-refractivity contribution in [2.75, 3.05) is 0 Å². The van der Waals surface area contributed by atoms with E-state index in [0.29, 0.717) is 0 Å². The minimum Gasteiger partial charge on any atom is -0.477 e. The zero-order valence-electron chi connectivity index (χ0n) is 8.49. The van der Waals surface area contributed by atoms with Crippen LogP contribution in [0.5, 0.6) is 0 Å². The van der Waals surface area contributed by atoms with Crippen molar-refractivity contribution in [1.82, 2.24) is 0 Å². The fourth-order valence-electron chi connectivity index (χ4n) is 0.243. The van der Waals surface area contributed by atoms with Gasteiger partial charge in [0.2, 0.25) is 0 Å². The Hall–Kier alpha value is -1.76. The predicted molar refractivity (Wildman–Crippen MR) is 37.3 cm³/mol. The molecule has 0 amide bonds. The number of rotatable bonds is 2. The predicted octanol–water partition coefficient (Wildman–Crippen LogP) is 2.54. The molecule has 0 atom stereocenters. The maximum Gasteiger partial charge on any atom is 0.465 e. The van der Waals surface area contributed by atoms with Gasteiger partial charge in [-0.05, 0) is 0 Å². The molecule has 0 saturated heterocycles. The van der Waals surface area contributed by atoms with E-state index in [0.717, 1.165) is 0 Å². The van der Waals surface area contributed by atoms with Crippen molar-refractivity contribution < 1.29 is 63.7 Å². The molecule has 0 aliphatic carbocycles. The molecule has 0 aromatic carbocycles. The summed E-state index contributed by atoms with van der Waals surface area (Å²) in [5, 5.41) is 14.6. The first-order chi connectivity index (χ1) is 8.39. The van der Waals surface area contributed by atoms with Gasteiger partial charge in [-0.3, -0.25) is 0 Å². The van der Waals surface area contributed by atoms with Gasteiger partial charge in [0.05, 0.1) is 0 Å². The molecule has 0 fully saturated rings. The molecular weight excluding hydrogens is 326 g/mol. The van der Waals surface area contributed by atoms with Crippen LogP contribution in [0.2, 0.25) is 0 Å². The fourth-order valence-corrected chi connectivity index (χ4v) is 0.243. The van der Waals surface area contributed by atoms with Crippen molar-refractivity contribution in [3.8, 4) is 0 Å². The lowest BCUT2D eigenvalue weighted by molar-refractivity contribution is -0.278. The van der Waals surface area contributed by atoms with Crippen molar-refractivity contribution in [2.45, 2.75) is 24.2 Å². The van der Waals surface area contributed by atoms with E-state index in [2.05, 4.69) is 0 Å². The topological polar surface area (TPSA) is 74.6 Å². The Morgan fingerprint density at radius 3 is 0.700 bits per heavy atom. The van der Waals surface area contributed by atoms with Gasteiger partial charge in [-0.15, -0.1) is 0 Å². The monoisotopic (exact) mass is 328 g/mol. The molecule has 20 heavy (non-hydrogen) atoms. The normalized spacial score (nSPS) is 13.3. The molecule has 0 aliphatic heterocycles. The van der Waals surface area contributed by atoms with Crippen molar-refractivity contribution in [3.05, 3.63) is 0 Å². The van der Waals surface area contributed by atoms with Gasteiger partial charge >= 0.3 is 36.1 Å². The molecule has 0 aromatic rings. The smallest absolute Gasteiger partial charge is 0.465 e. The SMILES string of the molecule is O=C(O)C(F)(F)C(F)(F)F.O=C(O)C(F)(F)C(F)(F)F. The van der Waals surface area contributed by atoms with Crippen LogP contribution >= 0.6 is 0 Å². The molecule has 0 saturated carbocycles. The van der Waals surface area contributed by atoms with Gasteiger partial charge in [0.1, 0.15) is 0 Å². The van der Waals surface area contributed by atoms with Crippen LogP contribution in [-0.2, 0) is 9.59 Å². The summed E-state index contributed by atoms with van der Waals surface area (Å²) < 4.78 is 111. The highest BCUT2D eigenvalue weighted by molar-refractivity contribution is 5.76. The molecule has 0 aromatic heterocycles. The number of halogens is 10. The second-order valence-electron chi connectivity index (χ2n) is 2.75. The van der Waals surface area contributed by atoms with Gasteiger partial charge in [-0.2, -0.15) is 43.9 Å². The highest BCUT2D eigenvalue weighted by atomic mass is 19.4. The van der Waals surface area contributed by atoms with Crippen molar-refractivity contribution in [2.24, 2.45) is 0 Å². The molecule has 0 heterocycles. The van der Waals surface area contributed by atoms with Crippen molar-refractivity contribution in [3.63, 3.8) is 0 Å². The summed E-state index contributed by atoms with van der Waals surface area (Å²) in [4.78, 5) is 18.4. The fraction of sp³-hybridized carbons (Fsp3) is 0.667. The molecule has 0 rings (SSSR count). The third-order valence-electron chi connectivity index (χ3n) is 1.25. The van der Waals surface area contributed by atoms with Crippen LogP contribution in [0.4, 0.5) is 43.9 Å². The second-order valence-corrected chi connectivity index (χ2v) is 2.75. The van der Waals surface area contributed by atoms with E-state index >= 15 is 0 Å². The van der Waals surface area contributed by atoms with Crippen LogP contribution in [0, 0.1) is 0 Å². The maximum atomic E-state index is 11.3. The first-order valence-corrected chi connectivity index (χ1v) is 3.75. The van der Waals surface area contributed by atoms with Gasteiger partial charge in [-0.25, -0.2) is 9.59 Å². The summed E-state index contributed by atoms with van der Waals surface area (Å²) in [5.74, 6) is -17.7. The minimum absolute atomic E-state index is 3.19. The second kappa shape index (κ2) is 5.70. The number of alkyl halides is 10. The Labute approximate surface area is 101 Å². The Morgan fingerprint density at radius 1 is 0.550 bits per heavy atom. The molecule has 2 N–H and O–H groups in total. The summed E-state index contributed by atoms with van der Waals surface area (Å²) in [5.41, 5.74) is 0. The Bertz CT molecular complexity index is 331. The first kappa shape index (κ1) is 20.6. The van der Waals surface area contributed by atoms with Crippen LogP contribution in [0.15, 0.2) is 0 Å². The van der Waals surface area contributed by atoms with E-state index in [1.165, 1.54) is 0 Å². The van der Waals surface area contributed by atoms with Crippen LogP contribution in [-0.4, -0.2) is 46.3 Å². The average Bonchev–Trinajstić information content (AvgIpc) is 2.14. The molecule has 0 bridgehead atoms. The van der Waals surface area contributed by atoms with E-state index in [4.69, 9.17) is 10.2 Å². The highest BCUT2D eigenvalue weighted by Gasteiger charge is 2.64. The lowest BCUT2D eigenvalue weighted by atomic mass is 10.3. The lowest BCUT2D eigenvalue weighted by Gasteiger charge is -2.13. The summed E-state index contributed by atoms with van der Waals surface area (Å²) in [6, 6.07) is 0. The van der Waals surface area contributed by atoms with E-state index in [-0.39, 0.29) is 0 Å². The van der Waals surface area contributed by atoms with E-state index < -0.39 is 36.1 Å². The summed E-state index contributed by atoms with van der Waals surface area (Å²) >= 11 is 0. The molecule has 4 nitrogen and oxygen atoms in total. The minimum atomic E-state index is -6.02. The molecule has 120 valence electrons. The molecule has 0 unspecified atom stereocenters. The van der Waals surface area contributed by atoms with E-state index in [1.54, 1.807) is 0 Å². The van der Waals surface area contributed by atoms with Crippen LogP contribution in [0.3, 0.4) is 0 Å². The molecule has 0 radical (unpaired) electrons. The number of carbonyl (C=O) groups is 2. The van der Waals surface area contributed by atoms with Crippen LogP contribution < -0.4 is 0 Å². The van der Waals surface area contributed by atoms with Gasteiger partial charge in [0.15, 0.2) is 0 Å². The average molecular weight is 328 g/mol. The third kappa shape index (κ3) is 4.73.